The second-order valence-electron chi connectivity index (χ2n) is 3.99. The molecule has 0 unspecified atom stereocenters. The molecule has 110 valence electrons. The van der Waals surface area contributed by atoms with Crippen LogP contribution in [0.3, 0.4) is 0 Å². The molecule has 6 nitrogen and oxygen atoms in total. The number of nitrogens with one attached hydrogen (secondary N) is 3. The Kier molecular flexibility index (Phi) is 5.13. The van der Waals surface area contributed by atoms with Gasteiger partial charge in [0.1, 0.15) is 5.69 Å². The zero-order chi connectivity index (χ0) is 15.2. The van der Waals surface area contributed by atoms with Gasteiger partial charge in [0.05, 0.1) is 0 Å². The standard InChI is InChI=1S/C13H13ClN4O2S/c1-2-15-11(19)10-7-21-13(17-10)18-12(20)16-9-5-3-4-8(14)6-9/h3-7H,2H2,1H3,(H,15,19)(H2,16,17,18,20). The molecule has 2 rings (SSSR count). The number of thiazole rings is 1. The maximum Gasteiger partial charge on any atom is 0.325 e. The van der Waals surface area contributed by atoms with E-state index in [1.165, 1.54) is 11.3 Å². The number of carbonyl (C=O) groups is 2. The van der Waals surface area contributed by atoms with Crippen LogP contribution in [0.5, 0.6) is 0 Å². The van der Waals surface area contributed by atoms with E-state index in [9.17, 15) is 9.59 Å². The maximum absolute atomic E-state index is 11.8. The number of anilines is 2. The van der Waals surface area contributed by atoms with E-state index in [4.69, 9.17) is 11.6 Å². The van der Waals surface area contributed by atoms with Crippen molar-refractivity contribution in [2.75, 3.05) is 17.2 Å². The molecule has 2 aromatic rings. The molecule has 0 saturated carbocycles. The fourth-order valence-electron chi connectivity index (χ4n) is 1.51. The van der Waals surface area contributed by atoms with Crippen LogP contribution >= 0.6 is 22.9 Å². The number of carbonyl (C=O) groups excluding carboxylic acids is 2. The van der Waals surface area contributed by atoms with Crippen molar-refractivity contribution >= 4 is 45.7 Å². The summed E-state index contributed by atoms with van der Waals surface area (Å²) >= 11 is 7.01. The molecule has 0 bridgehead atoms. The van der Waals surface area contributed by atoms with Crippen molar-refractivity contribution in [1.29, 1.82) is 0 Å². The first-order chi connectivity index (χ1) is 10.1. The lowest BCUT2D eigenvalue weighted by atomic mass is 10.3. The molecule has 0 aliphatic heterocycles. The Morgan fingerprint density at radius 3 is 2.86 bits per heavy atom. The van der Waals surface area contributed by atoms with Crippen LogP contribution in [0.4, 0.5) is 15.6 Å². The minimum Gasteiger partial charge on any atom is -0.351 e. The Morgan fingerprint density at radius 1 is 1.33 bits per heavy atom. The van der Waals surface area contributed by atoms with Crippen molar-refractivity contribution in [3.05, 3.63) is 40.4 Å². The molecule has 0 aliphatic carbocycles. The van der Waals surface area contributed by atoms with E-state index >= 15 is 0 Å². The van der Waals surface area contributed by atoms with Gasteiger partial charge in [-0.15, -0.1) is 11.3 Å². The Balaban J connectivity index is 1.95. The number of rotatable bonds is 4. The summed E-state index contributed by atoms with van der Waals surface area (Å²) in [6, 6.07) is 6.34. The molecule has 3 N–H and O–H groups in total. The van der Waals surface area contributed by atoms with Crippen LogP contribution in [0.1, 0.15) is 17.4 Å². The Labute approximate surface area is 130 Å². The molecule has 0 atom stereocenters. The van der Waals surface area contributed by atoms with E-state index in [2.05, 4.69) is 20.9 Å². The van der Waals surface area contributed by atoms with Gasteiger partial charge in [0, 0.05) is 22.6 Å². The monoisotopic (exact) mass is 324 g/mol. The minimum atomic E-state index is -0.450. The Morgan fingerprint density at radius 2 is 2.14 bits per heavy atom. The highest BCUT2D eigenvalue weighted by atomic mass is 35.5. The third kappa shape index (κ3) is 4.44. The smallest absolute Gasteiger partial charge is 0.325 e. The van der Waals surface area contributed by atoms with E-state index < -0.39 is 6.03 Å². The van der Waals surface area contributed by atoms with Crippen molar-refractivity contribution in [3.63, 3.8) is 0 Å². The number of hydrogen-bond acceptors (Lipinski definition) is 4. The largest absolute Gasteiger partial charge is 0.351 e. The van der Waals surface area contributed by atoms with Gasteiger partial charge in [-0.2, -0.15) is 0 Å². The van der Waals surface area contributed by atoms with Crippen LogP contribution in [0.15, 0.2) is 29.6 Å². The van der Waals surface area contributed by atoms with E-state index in [-0.39, 0.29) is 11.6 Å². The molecular formula is C13H13ClN4O2S. The second-order valence-corrected chi connectivity index (χ2v) is 5.28. The number of amides is 3. The highest BCUT2D eigenvalue weighted by Gasteiger charge is 2.11. The lowest BCUT2D eigenvalue weighted by Crippen LogP contribution is -2.23. The average Bonchev–Trinajstić information content (AvgIpc) is 2.87. The number of aromatic nitrogens is 1. The van der Waals surface area contributed by atoms with Gasteiger partial charge in [-0.05, 0) is 25.1 Å². The molecule has 0 aliphatic rings. The quantitative estimate of drug-likeness (QED) is 0.807. The summed E-state index contributed by atoms with van der Waals surface area (Å²) in [5, 5.41) is 10.3. The predicted octanol–water partition coefficient (Wildman–Crippen LogP) is 3.19. The Bertz CT molecular complexity index is 659. The van der Waals surface area contributed by atoms with Gasteiger partial charge in [0.15, 0.2) is 5.13 Å². The lowest BCUT2D eigenvalue weighted by Gasteiger charge is -2.05. The summed E-state index contributed by atoms with van der Waals surface area (Å²) in [6.07, 6.45) is 0. The summed E-state index contributed by atoms with van der Waals surface area (Å²) in [5.74, 6) is -0.267. The van der Waals surface area contributed by atoms with E-state index in [0.717, 1.165) is 0 Å². The third-order valence-corrected chi connectivity index (χ3v) is 3.37. The van der Waals surface area contributed by atoms with Crippen molar-refractivity contribution in [2.45, 2.75) is 6.92 Å². The first kappa shape index (κ1) is 15.3. The SMILES string of the molecule is CCNC(=O)c1csc(NC(=O)Nc2cccc(Cl)c2)n1. The van der Waals surface area contributed by atoms with Crippen LogP contribution in [-0.2, 0) is 0 Å². The van der Waals surface area contributed by atoms with Gasteiger partial charge in [-0.25, -0.2) is 9.78 Å². The molecule has 1 aromatic heterocycles. The number of hydrogen-bond donors (Lipinski definition) is 3. The van der Waals surface area contributed by atoms with E-state index in [1.807, 2.05) is 6.92 Å². The number of nitrogens with zero attached hydrogens (tertiary/aromatic N) is 1. The van der Waals surface area contributed by atoms with Crippen molar-refractivity contribution in [3.8, 4) is 0 Å². The number of benzene rings is 1. The summed E-state index contributed by atoms with van der Waals surface area (Å²) < 4.78 is 0. The van der Waals surface area contributed by atoms with Gasteiger partial charge in [0.25, 0.3) is 5.91 Å². The summed E-state index contributed by atoms with van der Waals surface area (Å²) in [5.41, 5.74) is 0.848. The highest BCUT2D eigenvalue weighted by Crippen LogP contribution is 2.17. The van der Waals surface area contributed by atoms with Crippen molar-refractivity contribution in [2.24, 2.45) is 0 Å². The van der Waals surface area contributed by atoms with E-state index in [0.29, 0.717) is 22.4 Å². The number of halogens is 1. The van der Waals surface area contributed by atoms with Gasteiger partial charge in [-0.1, -0.05) is 17.7 Å². The molecule has 3 amide bonds. The van der Waals surface area contributed by atoms with Crippen LogP contribution in [0.2, 0.25) is 5.02 Å². The maximum atomic E-state index is 11.8. The molecule has 1 aromatic carbocycles. The predicted molar refractivity (Wildman–Crippen MR) is 84.2 cm³/mol. The van der Waals surface area contributed by atoms with Gasteiger partial charge in [0.2, 0.25) is 0 Å². The zero-order valence-electron chi connectivity index (χ0n) is 11.1. The van der Waals surface area contributed by atoms with Gasteiger partial charge in [-0.3, -0.25) is 10.1 Å². The molecular weight excluding hydrogens is 312 g/mol. The van der Waals surface area contributed by atoms with Crippen LogP contribution < -0.4 is 16.0 Å². The van der Waals surface area contributed by atoms with Crippen LogP contribution in [0.25, 0.3) is 0 Å². The third-order valence-electron chi connectivity index (χ3n) is 2.38. The fourth-order valence-corrected chi connectivity index (χ4v) is 2.39. The first-order valence-electron chi connectivity index (χ1n) is 6.15. The second kappa shape index (κ2) is 7.05. The summed E-state index contributed by atoms with van der Waals surface area (Å²) in [6.45, 7) is 2.34. The van der Waals surface area contributed by atoms with E-state index in [1.54, 1.807) is 29.6 Å². The summed E-state index contributed by atoms with van der Waals surface area (Å²) in [7, 11) is 0. The van der Waals surface area contributed by atoms with Crippen molar-refractivity contribution in [1.82, 2.24) is 10.3 Å². The van der Waals surface area contributed by atoms with Gasteiger partial charge >= 0.3 is 6.03 Å². The topological polar surface area (TPSA) is 83.1 Å². The summed E-state index contributed by atoms with van der Waals surface area (Å²) in [4.78, 5) is 27.4. The highest BCUT2D eigenvalue weighted by molar-refractivity contribution is 7.14. The fraction of sp³-hybridized carbons (Fsp3) is 0.154. The van der Waals surface area contributed by atoms with Crippen molar-refractivity contribution < 1.29 is 9.59 Å². The van der Waals surface area contributed by atoms with Gasteiger partial charge < -0.3 is 10.6 Å². The van der Waals surface area contributed by atoms with Crippen LogP contribution in [0, 0.1) is 0 Å². The molecule has 0 radical (unpaired) electrons. The lowest BCUT2D eigenvalue weighted by molar-refractivity contribution is 0.0951. The molecule has 0 fully saturated rings. The Hall–Kier alpha value is -2.12. The van der Waals surface area contributed by atoms with Crippen LogP contribution in [-0.4, -0.2) is 23.5 Å². The minimum absolute atomic E-state index is 0.267. The molecule has 8 heteroatoms. The number of urea groups is 1. The molecule has 21 heavy (non-hydrogen) atoms. The zero-order valence-corrected chi connectivity index (χ0v) is 12.7. The first-order valence-corrected chi connectivity index (χ1v) is 7.41. The molecule has 0 spiro atoms. The normalized spacial score (nSPS) is 10.0. The molecule has 0 saturated heterocycles. The average molecular weight is 325 g/mol. The molecule has 1 heterocycles.